The van der Waals surface area contributed by atoms with Crippen LogP contribution in [0.3, 0.4) is 0 Å². The molecule has 1 unspecified atom stereocenters. The van der Waals surface area contributed by atoms with Crippen LogP contribution in [0.15, 0.2) is 41.1 Å². The lowest BCUT2D eigenvalue weighted by Crippen LogP contribution is -2.40. The molecule has 6 heteroatoms. The Hall–Kier alpha value is -2.37. The summed E-state index contributed by atoms with van der Waals surface area (Å²) in [5.74, 6) is 0.113. The van der Waals surface area contributed by atoms with E-state index >= 15 is 0 Å². The van der Waals surface area contributed by atoms with Crippen LogP contribution in [0.1, 0.15) is 18.5 Å². The van der Waals surface area contributed by atoms with Crippen molar-refractivity contribution in [2.45, 2.75) is 19.4 Å². The number of rotatable bonds is 4. The van der Waals surface area contributed by atoms with Gasteiger partial charge in [0.05, 0.1) is 0 Å². The van der Waals surface area contributed by atoms with Gasteiger partial charge in [0.2, 0.25) is 5.27 Å². The number of hydrogen-bond acceptors (Lipinski definition) is 3. The van der Waals surface area contributed by atoms with Crippen LogP contribution >= 0.6 is 0 Å². The maximum atomic E-state index is 10.4. The smallest absolute Gasteiger partial charge is 0.411 e. The van der Waals surface area contributed by atoms with Gasteiger partial charge in [-0.2, -0.15) is 0 Å². The van der Waals surface area contributed by atoms with Crippen molar-refractivity contribution in [2.75, 3.05) is 5.32 Å². The summed E-state index contributed by atoms with van der Waals surface area (Å²) in [5.41, 5.74) is 1.19. The minimum Gasteiger partial charge on any atom is -0.465 e. The molecule has 0 aliphatic heterocycles. The number of carbonyl (C=O) groups is 1. The minimum atomic E-state index is -1.17. The van der Waals surface area contributed by atoms with E-state index in [9.17, 15) is 4.79 Å². The second-order valence-electron chi connectivity index (χ2n) is 4.02. The molecule has 1 heterocycles. The monoisotopic (exact) mass is 248 g/mol. The summed E-state index contributed by atoms with van der Waals surface area (Å²) in [6, 6.07) is 10.1. The lowest BCUT2D eigenvalue weighted by molar-refractivity contribution is -0.782. The van der Waals surface area contributed by atoms with Crippen molar-refractivity contribution in [3.8, 4) is 0 Å². The molecule has 0 aliphatic carbocycles. The third-order valence-electron chi connectivity index (χ3n) is 2.54. The number of nitrogens with one attached hydrogen (secondary N) is 1. The fourth-order valence-corrected chi connectivity index (χ4v) is 1.68. The highest BCUT2D eigenvalue weighted by Crippen LogP contribution is 2.09. The average molecular weight is 248 g/mol. The topological polar surface area (TPSA) is 79.2 Å². The minimum absolute atomic E-state index is 0.0838. The molecule has 0 spiro atoms. The molecule has 2 rings (SSSR count). The standard InChI is InChI=1S/C12H13N3O3/c1-9(7-10-5-3-2-4-6-10)15-8-11(18-14-15)13-12(16)17/h2-6,8-9H,7H2,1H3,(H-,13,14,16,17)/p+1. The van der Waals surface area contributed by atoms with Gasteiger partial charge in [0.1, 0.15) is 0 Å². The van der Waals surface area contributed by atoms with Crippen LogP contribution in [0, 0.1) is 0 Å². The zero-order valence-corrected chi connectivity index (χ0v) is 9.91. The van der Waals surface area contributed by atoms with Gasteiger partial charge >= 0.3 is 12.0 Å². The maximum Gasteiger partial charge on any atom is 0.411 e. The van der Waals surface area contributed by atoms with Crippen LogP contribution in [0.5, 0.6) is 0 Å². The Bertz CT molecular complexity index is 524. The first-order valence-corrected chi connectivity index (χ1v) is 5.57. The summed E-state index contributed by atoms with van der Waals surface area (Å²) < 4.78 is 6.45. The van der Waals surface area contributed by atoms with Crippen molar-refractivity contribution >= 4 is 12.0 Å². The Morgan fingerprint density at radius 2 is 2.22 bits per heavy atom. The van der Waals surface area contributed by atoms with E-state index in [1.807, 2.05) is 37.3 Å². The number of benzene rings is 1. The van der Waals surface area contributed by atoms with Crippen molar-refractivity contribution < 1.29 is 19.1 Å². The molecule has 0 saturated carbocycles. The molecule has 2 N–H and O–H groups in total. The van der Waals surface area contributed by atoms with Crippen LogP contribution in [-0.2, 0) is 6.42 Å². The number of anilines is 1. The van der Waals surface area contributed by atoms with E-state index < -0.39 is 6.09 Å². The van der Waals surface area contributed by atoms with Crippen molar-refractivity contribution in [2.24, 2.45) is 0 Å². The quantitative estimate of drug-likeness (QED) is 0.809. The highest BCUT2D eigenvalue weighted by atomic mass is 16.5. The third-order valence-corrected chi connectivity index (χ3v) is 2.54. The Morgan fingerprint density at radius 3 is 2.89 bits per heavy atom. The number of amides is 1. The predicted octanol–water partition coefficient (Wildman–Crippen LogP) is 1.86. The third kappa shape index (κ3) is 3.07. The fourth-order valence-electron chi connectivity index (χ4n) is 1.68. The van der Waals surface area contributed by atoms with Crippen LogP contribution < -0.4 is 10.00 Å². The Labute approximate surface area is 104 Å². The van der Waals surface area contributed by atoms with Gasteiger partial charge in [0.25, 0.3) is 6.20 Å². The highest BCUT2D eigenvalue weighted by molar-refractivity contribution is 5.80. The van der Waals surface area contributed by atoms with Crippen LogP contribution in [-0.4, -0.2) is 16.5 Å². The van der Waals surface area contributed by atoms with Gasteiger partial charge in [-0.1, -0.05) is 30.3 Å². The van der Waals surface area contributed by atoms with Gasteiger partial charge in [-0.3, -0.25) is 9.84 Å². The van der Waals surface area contributed by atoms with Gasteiger partial charge in [0, 0.05) is 13.3 Å². The van der Waals surface area contributed by atoms with Crippen molar-refractivity contribution in [1.29, 1.82) is 0 Å². The van der Waals surface area contributed by atoms with E-state index in [0.717, 1.165) is 6.42 Å². The van der Waals surface area contributed by atoms with E-state index in [4.69, 9.17) is 9.63 Å². The summed E-state index contributed by atoms with van der Waals surface area (Å²) in [6.45, 7) is 1.99. The van der Waals surface area contributed by atoms with Crippen LogP contribution in [0.2, 0.25) is 0 Å². The second-order valence-corrected chi connectivity index (χ2v) is 4.02. The summed E-state index contributed by atoms with van der Waals surface area (Å²) in [7, 11) is 0. The molecule has 1 amide bonds. The molecule has 0 saturated heterocycles. The molecule has 1 aromatic carbocycles. The summed E-state index contributed by atoms with van der Waals surface area (Å²) in [4.78, 5) is 10.4. The molecule has 0 radical (unpaired) electrons. The Balaban J connectivity index is 2.03. The molecular weight excluding hydrogens is 234 g/mol. The molecule has 1 aromatic heterocycles. The molecule has 2 aromatic rings. The molecule has 0 fully saturated rings. The van der Waals surface area contributed by atoms with Crippen molar-refractivity contribution in [3.05, 3.63) is 42.1 Å². The average Bonchev–Trinajstić information content (AvgIpc) is 2.78. The zero-order chi connectivity index (χ0) is 13.0. The largest absolute Gasteiger partial charge is 0.465 e. The second kappa shape index (κ2) is 5.31. The number of aromatic nitrogens is 2. The predicted molar refractivity (Wildman–Crippen MR) is 63.2 cm³/mol. The van der Waals surface area contributed by atoms with Crippen molar-refractivity contribution in [1.82, 2.24) is 5.27 Å². The summed E-state index contributed by atoms with van der Waals surface area (Å²) in [5, 5.41) is 14.4. The summed E-state index contributed by atoms with van der Waals surface area (Å²) in [6.07, 6.45) is 1.15. The molecule has 1 atom stereocenters. The number of carboxylic acid groups (broad SMARTS) is 1. The molecular formula is C12H14N3O3+. The number of hydrogen-bond donors (Lipinski definition) is 2. The van der Waals surface area contributed by atoms with E-state index in [1.54, 1.807) is 4.68 Å². The molecule has 18 heavy (non-hydrogen) atoms. The SMILES string of the molecule is CC(Cc1ccccc1)[n+]1cc(NC(=O)O)on1. The lowest BCUT2D eigenvalue weighted by Gasteiger charge is -2.01. The van der Waals surface area contributed by atoms with E-state index in [1.165, 1.54) is 11.8 Å². The fraction of sp³-hybridized carbons (Fsp3) is 0.250. The van der Waals surface area contributed by atoms with Gasteiger partial charge in [-0.05, 0) is 10.2 Å². The van der Waals surface area contributed by atoms with Crippen molar-refractivity contribution in [3.63, 3.8) is 0 Å². The van der Waals surface area contributed by atoms with Gasteiger partial charge in [-0.25, -0.2) is 4.79 Å². The van der Waals surface area contributed by atoms with E-state index in [2.05, 4.69) is 10.6 Å². The van der Waals surface area contributed by atoms with Gasteiger partial charge in [-0.15, -0.1) is 0 Å². The lowest BCUT2D eigenvalue weighted by atomic mass is 10.1. The number of nitrogens with zero attached hydrogens (tertiary/aromatic N) is 2. The molecule has 6 nitrogen and oxygen atoms in total. The zero-order valence-electron chi connectivity index (χ0n) is 9.91. The Kier molecular flexibility index (Phi) is 3.57. The maximum absolute atomic E-state index is 10.4. The first-order valence-electron chi connectivity index (χ1n) is 5.57. The highest BCUT2D eigenvalue weighted by Gasteiger charge is 2.20. The van der Waals surface area contributed by atoms with Crippen LogP contribution in [0.25, 0.3) is 0 Å². The first-order chi connectivity index (χ1) is 8.65. The molecule has 0 bridgehead atoms. The molecule has 0 aliphatic rings. The van der Waals surface area contributed by atoms with Gasteiger partial charge < -0.3 is 5.11 Å². The Morgan fingerprint density at radius 1 is 1.50 bits per heavy atom. The normalized spacial score (nSPS) is 12.1. The van der Waals surface area contributed by atoms with Crippen LogP contribution in [0.4, 0.5) is 10.7 Å². The van der Waals surface area contributed by atoms with E-state index in [-0.39, 0.29) is 11.9 Å². The van der Waals surface area contributed by atoms with E-state index in [0.29, 0.717) is 0 Å². The first kappa shape index (κ1) is 12.1. The summed E-state index contributed by atoms with van der Waals surface area (Å²) >= 11 is 0. The molecule has 94 valence electrons. The van der Waals surface area contributed by atoms with Gasteiger partial charge in [0.15, 0.2) is 6.04 Å².